The lowest BCUT2D eigenvalue weighted by Crippen LogP contribution is -2.62. The van der Waals surface area contributed by atoms with Crippen LogP contribution in [0.15, 0.2) is 0 Å². The van der Waals surface area contributed by atoms with Gasteiger partial charge in [-0.2, -0.15) is 0 Å². The summed E-state index contributed by atoms with van der Waals surface area (Å²) in [5, 5.41) is 5.58. The lowest BCUT2D eigenvalue weighted by atomic mass is 9.62. The van der Waals surface area contributed by atoms with Crippen LogP contribution >= 0.6 is 0 Å². The van der Waals surface area contributed by atoms with Crippen LogP contribution in [-0.2, 0) is 9.59 Å². The van der Waals surface area contributed by atoms with Crippen LogP contribution in [0.25, 0.3) is 0 Å². The molecule has 2 rings (SSSR count). The standard InChI is InChI=1S/C17H30N2O2/c1-16(2,12-8-6-5-7-9-12)11-17(3,4)14-15(21)18-10-13(20)19-14/h12,14H,5-11H2,1-4H3,(H,18,21)(H,19,20). The van der Waals surface area contributed by atoms with E-state index in [2.05, 4.69) is 38.3 Å². The molecule has 1 atom stereocenters. The average molecular weight is 294 g/mol. The normalized spacial score (nSPS) is 25.4. The molecule has 0 aromatic heterocycles. The summed E-state index contributed by atoms with van der Waals surface area (Å²) in [6.45, 7) is 8.97. The van der Waals surface area contributed by atoms with Crippen molar-refractivity contribution in [2.45, 2.75) is 72.3 Å². The molecule has 1 aliphatic carbocycles. The predicted octanol–water partition coefficient (Wildman–Crippen LogP) is 2.62. The molecule has 4 nitrogen and oxygen atoms in total. The number of carbonyl (C=O) groups is 2. The molecule has 21 heavy (non-hydrogen) atoms. The Hall–Kier alpha value is -1.06. The van der Waals surface area contributed by atoms with Crippen molar-refractivity contribution in [2.24, 2.45) is 16.7 Å². The smallest absolute Gasteiger partial charge is 0.243 e. The Morgan fingerprint density at radius 3 is 2.24 bits per heavy atom. The molecule has 2 amide bonds. The van der Waals surface area contributed by atoms with Gasteiger partial charge in [-0.05, 0) is 36.0 Å². The minimum absolute atomic E-state index is 0.0426. The summed E-state index contributed by atoms with van der Waals surface area (Å²) in [6, 6.07) is -0.415. The number of amides is 2. The van der Waals surface area contributed by atoms with Gasteiger partial charge in [0.2, 0.25) is 11.8 Å². The first kappa shape index (κ1) is 16.3. The first-order valence-corrected chi connectivity index (χ1v) is 8.29. The largest absolute Gasteiger partial charge is 0.345 e. The average Bonchev–Trinajstić information content (AvgIpc) is 2.41. The molecule has 0 radical (unpaired) electrons. The number of hydrogen-bond acceptors (Lipinski definition) is 2. The van der Waals surface area contributed by atoms with Crippen molar-refractivity contribution in [1.82, 2.24) is 10.6 Å². The van der Waals surface area contributed by atoms with E-state index in [0.717, 1.165) is 12.3 Å². The second-order valence-electron chi connectivity index (χ2n) is 8.21. The molecule has 0 aromatic rings. The van der Waals surface area contributed by atoms with Gasteiger partial charge < -0.3 is 10.6 Å². The van der Waals surface area contributed by atoms with Crippen LogP contribution in [0.4, 0.5) is 0 Å². The summed E-state index contributed by atoms with van der Waals surface area (Å²) in [4.78, 5) is 23.7. The highest BCUT2D eigenvalue weighted by atomic mass is 16.2. The van der Waals surface area contributed by atoms with Gasteiger partial charge in [0.05, 0.1) is 6.54 Å². The molecule has 0 spiro atoms. The van der Waals surface area contributed by atoms with Gasteiger partial charge in [-0.1, -0.05) is 47.0 Å². The van der Waals surface area contributed by atoms with Crippen molar-refractivity contribution >= 4 is 11.8 Å². The Morgan fingerprint density at radius 2 is 1.62 bits per heavy atom. The number of piperazine rings is 1. The van der Waals surface area contributed by atoms with Crippen molar-refractivity contribution in [1.29, 1.82) is 0 Å². The summed E-state index contributed by atoms with van der Waals surface area (Å²) < 4.78 is 0. The van der Waals surface area contributed by atoms with Gasteiger partial charge in [0.15, 0.2) is 0 Å². The first-order chi connectivity index (χ1) is 9.72. The maximum absolute atomic E-state index is 12.1. The molecular formula is C17H30N2O2. The van der Waals surface area contributed by atoms with E-state index in [4.69, 9.17) is 0 Å². The van der Waals surface area contributed by atoms with E-state index in [1.54, 1.807) is 0 Å². The van der Waals surface area contributed by atoms with Crippen molar-refractivity contribution in [3.63, 3.8) is 0 Å². The molecule has 120 valence electrons. The lowest BCUT2D eigenvalue weighted by Gasteiger charge is -2.45. The van der Waals surface area contributed by atoms with Crippen LogP contribution in [0, 0.1) is 16.7 Å². The third-order valence-electron chi connectivity index (χ3n) is 5.39. The number of carbonyl (C=O) groups excluding carboxylic acids is 2. The van der Waals surface area contributed by atoms with Crippen molar-refractivity contribution in [2.75, 3.05) is 6.54 Å². The molecule has 0 bridgehead atoms. The Balaban J connectivity index is 2.07. The SMILES string of the molecule is CC(C)(CC(C)(C)C1NC(=O)CNC1=O)C1CCCCC1. The second kappa shape index (κ2) is 5.98. The quantitative estimate of drug-likeness (QED) is 0.837. The van der Waals surface area contributed by atoms with Crippen LogP contribution in [0.5, 0.6) is 0 Å². The number of hydrogen-bond donors (Lipinski definition) is 2. The van der Waals surface area contributed by atoms with Gasteiger partial charge >= 0.3 is 0 Å². The summed E-state index contributed by atoms with van der Waals surface area (Å²) in [5.41, 5.74) is -0.0342. The highest BCUT2D eigenvalue weighted by molar-refractivity contribution is 5.95. The van der Waals surface area contributed by atoms with Crippen LogP contribution < -0.4 is 10.6 Å². The Bertz CT molecular complexity index is 409. The van der Waals surface area contributed by atoms with E-state index in [0.29, 0.717) is 0 Å². The van der Waals surface area contributed by atoms with Gasteiger partial charge in [-0.15, -0.1) is 0 Å². The monoisotopic (exact) mass is 294 g/mol. The third-order valence-corrected chi connectivity index (χ3v) is 5.39. The van der Waals surface area contributed by atoms with Gasteiger partial charge in [-0.25, -0.2) is 0 Å². The Kier molecular flexibility index (Phi) is 4.64. The van der Waals surface area contributed by atoms with E-state index in [-0.39, 0.29) is 29.2 Å². The van der Waals surface area contributed by atoms with Crippen LogP contribution in [0.1, 0.15) is 66.2 Å². The van der Waals surface area contributed by atoms with Gasteiger partial charge in [0.1, 0.15) is 6.04 Å². The van der Waals surface area contributed by atoms with Crippen molar-refractivity contribution < 1.29 is 9.59 Å². The number of rotatable bonds is 4. The Labute approximate surface area is 128 Å². The molecule has 2 fully saturated rings. The fraction of sp³-hybridized carbons (Fsp3) is 0.882. The van der Waals surface area contributed by atoms with Gasteiger partial charge in [-0.3, -0.25) is 9.59 Å². The molecule has 1 heterocycles. The van der Waals surface area contributed by atoms with Crippen LogP contribution in [0.2, 0.25) is 0 Å². The molecule has 1 aliphatic heterocycles. The lowest BCUT2D eigenvalue weighted by molar-refractivity contribution is -0.137. The van der Waals surface area contributed by atoms with E-state index in [1.165, 1.54) is 32.1 Å². The number of nitrogens with one attached hydrogen (secondary N) is 2. The zero-order valence-corrected chi connectivity index (χ0v) is 13.9. The fourth-order valence-corrected chi connectivity index (χ4v) is 4.40. The summed E-state index contributed by atoms with van der Waals surface area (Å²) in [7, 11) is 0. The summed E-state index contributed by atoms with van der Waals surface area (Å²) >= 11 is 0. The van der Waals surface area contributed by atoms with E-state index < -0.39 is 6.04 Å². The summed E-state index contributed by atoms with van der Waals surface area (Å²) in [6.07, 6.45) is 7.56. The van der Waals surface area contributed by atoms with Crippen LogP contribution in [0.3, 0.4) is 0 Å². The molecule has 1 unspecified atom stereocenters. The minimum atomic E-state index is -0.415. The molecular weight excluding hydrogens is 264 g/mol. The van der Waals surface area contributed by atoms with Crippen molar-refractivity contribution in [3.05, 3.63) is 0 Å². The van der Waals surface area contributed by atoms with Gasteiger partial charge in [0, 0.05) is 0 Å². The van der Waals surface area contributed by atoms with E-state index in [9.17, 15) is 9.59 Å². The molecule has 1 saturated carbocycles. The Morgan fingerprint density at radius 1 is 1.00 bits per heavy atom. The highest BCUT2D eigenvalue weighted by Crippen LogP contribution is 2.46. The predicted molar refractivity (Wildman–Crippen MR) is 83.7 cm³/mol. The fourth-order valence-electron chi connectivity index (χ4n) is 4.40. The third kappa shape index (κ3) is 3.78. The molecule has 2 N–H and O–H groups in total. The topological polar surface area (TPSA) is 58.2 Å². The molecule has 0 aromatic carbocycles. The minimum Gasteiger partial charge on any atom is -0.345 e. The molecule has 2 aliphatic rings. The maximum Gasteiger partial charge on any atom is 0.243 e. The molecule has 1 saturated heterocycles. The van der Waals surface area contributed by atoms with E-state index in [1.807, 2.05) is 0 Å². The maximum atomic E-state index is 12.1. The van der Waals surface area contributed by atoms with E-state index >= 15 is 0 Å². The first-order valence-electron chi connectivity index (χ1n) is 8.29. The highest BCUT2D eigenvalue weighted by Gasteiger charge is 2.44. The van der Waals surface area contributed by atoms with Gasteiger partial charge in [0.25, 0.3) is 0 Å². The van der Waals surface area contributed by atoms with Crippen molar-refractivity contribution in [3.8, 4) is 0 Å². The second-order valence-corrected chi connectivity index (χ2v) is 8.21. The van der Waals surface area contributed by atoms with Crippen LogP contribution in [-0.4, -0.2) is 24.4 Å². The zero-order valence-electron chi connectivity index (χ0n) is 13.9. The molecule has 4 heteroatoms. The summed E-state index contributed by atoms with van der Waals surface area (Å²) in [5.74, 6) is 0.607. The zero-order chi connectivity index (χ0) is 15.7.